The van der Waals surface area contributed by atoms with Gasteiger partial charge in [0.2, 0.25) is 0 Å². The Morgan fingerprint density at radius 3 is 2.85 bits per heavy atom. The van der Waals surface area contributed by atoms with E-state index in [0.717, 1.165) is 17.6 Å². The van der Waals surface area contributed by atoms with E-state index in [1.807, 2.05) is 31.3 Å². The Morgan fingerprint density at radius 1 is 1.15 bits per heavy atom. The van der Waals surface area contributed by atoms with Crippen LogP contribution in [0.15, 0.2) is 54.7 Å². The topological polar surface area (TPSA) is 27.8 Å². The Hall–Kier alpha value is -2.13. The number of H-pyrrole nitrogens is 1. The van der Waals surface area contributed by atoms with Crippen LogP contribution in [0.2, 0.25) is 0 Å². The van der Waals surface area contributed by atoms with E-state index in [1.165, 1.54) is 17.0 Å². The molecule has 0 saturated carbocycles. The van der Waals surface area contributed by atoms with Gasteiger partial charge in [0.05, 0.1) is 0 Å². The standard InChI is InChI=1S/C17H17FN2/c1-12(13-5-4-6-15(18)9-13)19-10-14-11-20-17-8-3-2-7-16(14)17/h2-9,11-12,19-20H,10H2,1H3. The van der Waals surface area contributed by atoms with Crippen LogP contribution >= 0.6 is 0 Å². The van der Waals surface area contributed by atoms with Gasteiger partial charge in [-0.2, -0.15) is 0 Å². The van der Waals surface area contributed by atoms with Gasteiger partial charge in [-0.25, -0.2) is 4.39 Å². The van der Waals surface area contributed by atoms with Gasteiger partial charge in [0.25, 0.3) is 0 Å². The second-order valence-corrected chi connectivity index (χ2v) is 5.02. The predicted octanol–water partition coefficient (Wildman–Crippen LogP) is 4.16. The fraction of sp³-hybridized carbons (Fsp3) is 0.176. The smallest absolute Gasteiger partial charge is 0.123 e. The van der Waals surface area contributed by atoms with Crippen LogP contribution in [0.1, 0.15) is 24.1 Å². The molecule has 0 aliphatic heterocycles. The Balaban J connectivity index is 1.73. The summed E-state index contributed by atoms with van der Waals surface area (Å²) in [6, 6.07) is 15.1. The molecule has 3 rings (SSSR count). The van der Waals surface area contributed by atoms with E-state index in [4.69, 9.17) is 0 Å². The fourth-order valence-corrected chi connectivity index (χ4v) is 2.43. The first-order chi connectivity index (χ1) is 9.74. The molecule has 1 unspecified atom stereocenters. The maximum absolute atomic E-state index is 13.2. The number of aromatic amines is 1. The van der Waals surface area contributed by atoms with Gasteiger partial charge in [0.15, 0.2) is 0 Å². The van der Waals surface area contributed by atoms with Gasteiger partial charge < -0.3 is 10.3 Å². The highest BCUT2D eigenvalue weighted by Crippen LogP contribution is 2.19. The summed E-state index contributed by atoms with van der Waals surface area (Å²) in [6.07, 6.45) is 2.02. The molecule has 2 nitrogen and oxygen atoms in total. The molecular weight excluding hydrogens is 251 g/mol. The third-order valence-electron chi connectivity index (χ3n) is 3.62. The van der Waals surface area contributed by atoms with Gasteiger partial charge in [0.1, 0.15) is 5.82 Å². The zero-order valence-electron chi connectivity index (χ0n) is 11.4. The second-order valence-electron chi connectivity index (χ2n) is 5.02. The van der Waals surface area contributed by atoms with Crippen molar-refractivity contribution in [2.24, 2.45) is 0 Å². The molecule has 3 aromatic rings. The molecule has 0 spiro atoms. The molecule has 0 fully saturated rings. The summed E-state index contributed by atoms with van der Waals surface area (Å²) in [7, 11) is 0. The van der Waals surface area contributed by atoms with Crippen LogP contribution in [-0.2, 0) is 6.54 Å². The van der Waals surface area contributed by atoms with E-state index in [2.05, 4.69) is 22.4 Å². The number of benzene rings is 2. The lowest BCUT2D eigenvalue weighted by Crippen LogP contribution is -2.18. The van der Waals surface area contributed by atoms with E-state index in [-0.39, 0.29) is 11.9 Å². The number of hydrogen-bond acceptors (Lipinski definition) is 1. The summed E-state index contributed by atoms with van der Waals surface area (Å²) in [6.45, 7) is 2.80. The first-order valence-electron chi connectivity index (χ1n) is 6.78. The number of nitrogens with one attached hydrogen (secondary N) is 2. The zero-order valence-corrected chi connectivity index (χ0v) is 11.4. The minimum absolute atomic E-state index is 0.111. The van der Waals surface area contributed by atoms with Gasteiger partial charge >= 0.3 is 0 Å². The largest absolute Gasteiger partial charge is 0.361 e. The third-order valence-corrected chi connectivity index (χ3v) is 3.62. The molecule has 0 bridgehead atoms. The fourth-order valence-electron chi connectivity index (χ4n) is 2.43. The lowest BCUT2D eigenvalue weighted by Gasteiger charge is -2.14. The van der Waals surface area contributed by atoms with Crippen LogP contribution < -0.4 is 5.32 Å². The van der Waals surface area contributed by atoms with Crippen LogP contribution in [-0.4, -0.2) is 4.98 Å². The van der Waals surface area contributed by atoms with E-state index >= 15 is 0 Å². The summed E-state index contributed by atoms with van der Waals surface area (Å²) >= 11 is 0. The van der Waals surface area contributed by atoms with Crippen molar-refractivity contribution >= 4 is 10.9 Å². The molecule has 1 aromatic heterocycles. The van der Waals surface area contributed by atoms with Crippen LogP contribution in [0.4, 0.5) is 4.39 Å². The molecule has 102 valence electrons. The molecule has 1 heterocycles. The van der Waals surface area contributed by atoms with E-state index < -0.39 is 0 Å². The lowest BCUT2D eigenvalue weighted by molar-refractivity contribution is 0.566. The van der Waals surface area contributed by atoms with Gasteiger partial charge in [-0.15, -0.1) is 0 Å². The Bertz CT molecular complexity index is 718. The molecule has 0 radical (unpaired) electrons. The van der Waals surface area contributed by atoms with Crippen molar-refractivity contribution in [2.45, 2.75) is 19.5 Å². The molecule has 0 saturated heterocycles. The average molecular weight is 268 g/mol. The van der Waals surface area contributed by atoms with Crippen molar-refractivity contribution in [1.82, 2.24) is 10.3 Å². The average Bonchev–Trinajstić information content (AvgIpc) is 2.88. The van der Waals surface area contributed by atoms with Crippen LogP contribution in [0.5, 0.6) is 0 Å². The normalized spacial score (nSPS) is 12.7. The first kappa shape index (κ1) is 12.9. The summed E-state index contributed by atoms with van der Waals surface area (Å²) in [5, 5.41) is 4.66. The Morgan fingerprint density at radius 2 is 2.00 bits per heavy atom. The maximum Gasteiger partial charge on any atom is 0.123 e. The first-order valence-corrected chi connectivity index (χ1v) is 6.78. The van der Waals surface area contributed by atoms with E-state index in [1.54, 1.807) is 12.1 Å². The predicted molar refractivity (Wildman–Crippen MR) is 80.0 cm³/mol. The Kier molecular flexibility index (Phi) is 3.52. The minimum Gasteiger partial charge on any atom is -0.361 e. The van der Waals surface area contributed by atoms with E-state index in [9.17, 15) is 4.39 Å². The summed E-state index contributed by atoms with van der Waals surface area (Å²) in [5.74, 6) is -0.191. The van der Waals surface area contributed by atoms with Crippen molar-refractivity contribution in [3.05, 3.63) is 71.7 Å². The van der Waals surface area contributed by atoms with Crippen LogP contribution in [0, 0.1) is 5.82 Å². The van der Waals surface area contributed by atoms with E-state index in [0.29, 0.717) is 0 Å². The lowest BCUT2D eigenvalue weighted by atomic mass is 10.1. The molecule has 3 heteroatoms. The minimum atomic E-state index is -0.191. The van der Waals surface area contributed by atoms with Crippen molar-refractivity contribution in [2.75, 3.05) is 0 Å². The van der Waals surface area contributed by atoms with Crippen LogP contribution in [0.25, 0.3) is 10.9 Å². The molecule has 0 amide bonds. The van der Waals surface area contributed by atoms with Crippen molar-refractivity contribution in [1.29, 1.82) is 0 Å². The quantitative estimate of drug-likeness (QED) is 0.730. The summed E-state index contributed by atoms with van der Waals surface area (Å²) in [4.78, 5) is 3.26. The molecule has 20 heavy (non-hydrogen) atoms. The van der Waals surface area contributed by atoms with Crippen molar-refractivity contribution in [3.8, 4) is 0 Å². The number of fused-ring (bicyclic) bond motifs is 1. The Labute approximate surface area is 117 Å². The molecule has 0 aliphatic carbocycles. The van der Waals surface area contributed by atoms with Crippen molar-refractivity contribution < 1.29 is 4.39 Å². The monoisotopic (exact) mass is 268 g/mol. The summed E-state index contributed by atoms with van der Waals surface area (Å²) in [5.41, 5.74) is 3.33. The number of halogens is 1. The maximum atomic E-state index is 13.2. The van der Waals surface area contributed by atoms with Gasteiger partial charge in [-0.3, -0.25) is 0 Å². The second kappa shape index (κ2) is 5.47. The van der Waals surface area contributed by atoms with Crippen molar-refractivity contribution in [3.63, 3.8) is 0 Å². The summed E-state index contributed by atoms with van der Waals surface area (Å²) < 4.78 is 13.2. The molecule has 1 atom stereocenters. The highest BCUT2D eigenvalue weighted by molar-refractivity contribution is 5.82. The van der Waals surface area contributed by atoms with Gasteiger partial charge in [0, 0.05) is 29.7 Å². The number of aromatic nitrogens is 1. The molecule has 0 aliphatic rings. The number of hydrogen-bond donors (Lipinski definition) is 2. The van der Waals surface area contributed by atoms with Gasteiger partial charge in [-0.1, -0.05) is 30.3 Å². The molecular formula is C17H17FN2. The highest BCUT2D eigenvalue weighted by atomic mass is 19.1. The highest BCUT2D eigenvalue weighted by Gasteiger charge is 2.08. The molecule has 2 aromatic carbocycles. The SMILES string of the molecule is CC(NCc1c[nH]c2ccccc12)c1cccc(F)c1. The zero-order chi connectivity index (χ0) is 13.9. The molecule has 2 N–H and O–H groups in total. The van der Waals surface area contributed by atoms with Crippen LogP contribution in [0.3, 0.4) is 0 Å². The number of para-hydroxylation sites is 1. The van der Waals surface area contributed by atoms with Gasteiger partial charge in [-0.05, 0) is 36.2 Å². The third kappa shape index (κ3) is 2.58. The number of rotatable bonds is 4.